The van der Waals surface area contributed by atoms with Crippen molar-refractivity contribution >= 4 is 23.3 Å². The maximum atomic E-state index is 11.8. The van der Waals surface area contributed by atoms with Gasteiger partial charge in [-0.25, -0.2) is 4.98 Å². The Morgan fingerprint density at radius 2 is 2.30 bits per heavy atom. The van der Waals surface area contributed by atoms with Crippen LogP contribution < -0.4 is 10.2 Å². The van der Waals surface area contributed by atoms with Gasteiger partial charge in [0.25, 0.3) is 0 Å². The van der Waals surface area contributed by atoms with Crippen LogP contribution in [0.25, 0.3) is 0 Å². The first-order valence-corrected chi connectivity index (χ1v) is 7.11. The summed E-state index contributed by atoms with van der Waals surface area (Å²) in [6, 6.07) is 3.52. The number of carbonyl (C=O) groups is 1. The number of hydrogen-bond donors (Lipinski definition) is 2. The van der Waals surface area contributed by atoms with E-state index in [1.165, 1.54) is 0 Å². The number of nitrogens with zero attached hydrogens (tertiary/aromatic N) is 2. The van der Waals surface area contributed by atoms with Crippen LogP contribution in [0.3, 0.4) is 0 Å². The van der Waals surface area contributed by atoms with Crippen molar-refractivity contribution in [1.29, 1.82) is 0 Å². The van der Waals surface area contributed by atoms with Crippen LogP contribution in [0.1, 0.15) is 19.8 Å². The third-order valence-electron chi connectivity index (χ3n) is 2.99. The molecule has 112 valence electrons. The van der Waals surface area contributed by atoms with E-state index in [0.717, 1.165) is 12.8 Å². The SMILES string of the molecule is CC(CO)CCCNC(=O)CN(C)c1ccc(Cl)cn1. The summed E-state index contributed by atoms with van der Waals surface area (Å²) in [6.07, 6.45) is 3.34. The first-order chi connectivity index (χ1) is 9.52. The number of halogens is 1. The van der Waals surface area contributed by atoms with Gasteiger partial charge in [-0.15, -0.1) is 0 Å². The molecule has 1 rings (SSSR count). The number of likely N-dealkylation sites (N-methyl/N-ethyl adjacent to an activating group) is 1. The van der Waals surface area contributed by atoms with Crippen molar-refractivity contribution in [1.82, 2.24) is 10.3 Å². The zero-order chi connectivity index (χ0) is 15.0. The van der Waals surface area contributed by atoms with Crippen LogP contribution in [-0.4, -0.2) is 42.7 Å². The molecule has 1 aromatic rings. The van der Waals surface area contributed by atoms with Crippen molar-refractivity contribution in [2.75, 3.05) is 31.6 Å². The van der Waals surface area contributed by atoms with Crippen molar-refractivity contribution in [3.63, 3.8) is 0 Å². The van der Waals surface area contributed by atoms with Crippen LogP contribution in [0.5, 0.6) is 0 Å². The molecule has 1 atom stereocenters. The summed E-state index contributed by atoms with van der Waals surface area (Å²) in [5.41, 5.74) is 0. The average Bonchev–Trinajstić information content (AvgIpc) is 2.43. The zero-order valence-electron chi connectivity index (χ0n) is 12.0. The topological polar surface area (TPSA) is 65.5 Å². The van der Waals surface area contributed by atoms with Crippen LogP contribution in [0.2, 0.25) is 5.02 Å². The lowest BCUT2D eigenvalue weighted by Gasteiger charge is -2.17. The van der Waals surface area contributed by atoms with Crippen LogP contribution >= 0.6 is 11.6 Å². The fourth-order valence-electron chi connectivity index (χ4n) is 1.72. The highest BCUT2D eigenvalue weighted by molar-refractivity contribution is 6.30. The van der Waals surface area contributed by atoms with E-state index in [4.69, 9.17) is 16.7 Å². The van der Waals surface area contributed by atoms with E-state index >= 15 is 0 Å². The molecular formula is C14H22ClN3O2. The molecule has 0 radical (unpaired) electrons. The smallest absolute Gasteiger partial charge is 0.239 e. The van der Waals surface area contributed by atoms with Gasteiger partial charge in [0, 0.05) is 26.4 Å². The Morgan fingerprint density at radius 3 is 2.90 bits per heavy atom. The third kappa shape index (κ3) is 6.21. The van der Waals surface area contributed by atoms with E-state index in [1.54, 1.807) is 23.2 Å². The van der Waals surface area contributed by atoms with E-state index in [1.807, 2.05) is 14.0 Å². The van der Waals surface area contributed by atoms with E-state index in [2.05, 4.69) is 10.3 Å². The van der Waals surface area contributed by atoms with E-state index in [9.17, 15) is 4.79 Å². The molecule has 0 aliphatic heterocycles. The first kappa shape index (κ1) is 16.7. The number of pyridine rings is 1. The number of aliphatic hydroxyl groups excluding tert-OH is 1. The van der Waals surface area contributed by atoms with Gasteiger partial charge in [-0.2, -0.15) is 0 Å². The van der Waals surface area contributed by atoms with Gasteiger partial charge in [0.2, 0.25) is 5.91 Å². The minimum absolute atomic E-state index is 0.0408. The number of aliphatic hydroxyl groups is 1. The summed E-state index contributed by atoms with van der Waals surface area (Å²) in [5, 5.41) is 12.3. The van der Waals surface area contributed by atoms with Gasteiger partial charge in [0.1, 0.15) is 5.82 Å². The molecule has 2 N–H and O–H groups in total. The molecule has 20 heavy (non-hydrogen) atoms. The summed E-state index contributed by atoms with van der Waals surface area (Å²) < 4.78 is 0. The van der Waals surface area contributed by atoms with Crippen LogP contribution in [0.4, 0.5) is 5.82 Å². The minimum atomic E-state index is -0.0408. The zero-order valence-corrected chi connectivity index (χ0v) is 12.7. The summed E-state index contributed by atoms with van der Waals surface area (Å²) in [7, 11) is 1.81. The van der Waals surface area contributed by atoms with Crippen molar-refractivity contribution in [2.45, 2.75) is 19.8 Å². The number of rotatable bonds is 8. The van der Waals surface area contributed by atoms with Crippen molar-refractivity contribution in [3.05, 3.63) is 23.4 Å². The quantitative estimate of drug-likeness (QED) is 0.717. The predicted molar refractivity (Wildman–Crippen MR) is 81.0 cm³/mol. The van der Waals surface area contributed by atoms with Gasteiger partial charge in [0.15, 0.2) is 0 Å². The monoisotopic (exact) mass is 299 g/mol. The Bertz CT molecular complexity index is 411. The summed E-state index contributed by atoms with van der Waals surface area (Å²) in [6.45, 7) is 3.07. The van der Waals surface area contributed by atoms with E-state index < -0.39 is 0 Å². The van der Waals surface area contributed by atoms with Gasteiger partial charge in [-0.3, -0.25) is 4.79 Å². The Morgan fingerprint density at radius 1 is 1.55 bits per heavy atom. The Labute approximate surface area is 125 Å². The second-order valence-electron chi connectivity index (χ2n) is 4.97. The Balaban J connectivity index is 2.26. The molecule has 6 heteroatoms. The number of hydrogen-bond acceptors (Lipinski definition) is 4. The largest absolute Gasteiger partial charge is 0.396 e. The molecule has 1 heterocycles. The van der Waals surface area contributed by atoms with Crippen molar-refractivity contribution in [2.24, 2.45) is 5.92 Å². The summed E-state index contributed by atoms with van der Waals surface area (Å²) >= 11 is 5.77. The fraction of sp³-hybridized carbons (Fsp3) is 0.571. The highest BCUT2D eigenvalue weighted by atomic mass is 35.5. The first-order valence-electron chi connectivity index (χ1n) is 6.73. The molecule has 0 spiro atoms. The van der Waals surface area contributed by atoms with Gasteiger partial charge in [0.05, 0.1) is 11.6 Å². The van der Waals surface area contributed by atoms with E-state index in [-0.39, 0.29) is 25.0 Å². The number of aromatic nitrogens is 1. The molecular weight excluding hydrogens is 278 g/mol. The third-order valence-corrected chi connectivity index (χ3v) is 3.21. The molecule has 5 nitrogen and oxygen atoms in total. The van der Waals surface area contributed by atoms with Gasteiger partial charge >= 0.3 is 0 Å². The fourth-order valence-corrected chi connectivity index (χ4v) is 1.83. The molecule has 1 aromatic heterocycles. The molecule has 0 saturated carbocycles. The molecule has 0 aliphatic carbocycles. The van der Waals surface area contributed by atoms with Crippen molar-refractivity contribution in [3.8, 4) is 0 Å². The molecule has 1 unspecified atom stereocenters. The standard InChI is InChI=1S/C14H22ClN3O2/c1-11(10-19)4-3-7-16-14(20)9-18(2)13-6-5-12(15)8-17-13/h5-6,8,11,19H,3-4,7,9-10H2,1-2H3,(H,16,20). The molecule has 0 bridgehead atoms. The van der Waals surface area contributed by atoms with Gasteiger partial charge in [-0.05, 0) is 30.9 Å². The maximum Gasteiger partial charge on any atom is 0.239 e. The summed E-state index contributed by atoms with van der Waals surface area (Å²) in [4.78, 5) is 17.7. The van der Waals surface area contributed by atoms with Gasteiger partial charge in [-0.1, -0.05) is 18.5 Å². The minimum Gasteiger partial charge on any atom is -0.396 e. The number of anilines is 1. The normalized spacial score (nSPS) is 12.0. The second kappa shape index (κ2) is 8.76. The second-order valence-corrected chi connectivity index (χ2v) is 5.41. The Hall–Kier alpha value is -1.33. The molecule has 0 aromatic carbocycles. The predicted octanol–water partition coefficient (Wildman–Crippen LogP) is 1.70. The lowest BCUT2D eigenvalue weighted by Crippen LogP contribution is -2.36. The van der Waals surface area contributed by atoms with Crippen LogP contribution in [0.15, 0.2) is 18.3 Å². The number of carbonyl (C=O) groups excluding carboxylic acids is 1. The lowest BCUT2D eigenvalue weighted by molar-refractivity contribution is -0.119. The summed E-state index contributed by atoms with van der Waals surface area (Å²) in [5.74, 6) is 0.951. The van der Waals surface area contributed by atoms with Crippen molar-refractivity contribution < 1.29 is 9.90 Å². The molecule has 0 aliphatic rings. The molecule has 0 saturated heterocycles. The maximum absolute atomic E-state index is 11.8. The molecule has 0 fully saturated rings. The van der Waals surface area contributed by atoms with Crippen LogP contribution in [0, 0.1) is 5.92 Å². The molecule has 1 amide bonds. The van der Waals surface area contributed by atoms with Crippen LogP contribution in [-0.2, 0) is 4.79 Å². The number of nitrogens with one attached hydrogen (secondary N) is 1. The average molecular weight is 300 g/mol. The number of amides is 1. The highest BCUT2D eigenvalue weighted by Gasteiger charge is 2.08. The van der Waals surface area contributed by atoms with Gasteiger partial charge < -0.3 is 15.3 Å². The Kier molecular flexibility index (Phi) is 7.33. The highest BCUT2D eigenvalue weighted by Crippen LogP contribution is 2.12. The van der Waals surface area contributed by atoms with E-state index in [0.29, 0.717) is 17.4 Å². The lowest BCUT2D eigenvalue weighted by atomic mass is 10.1.